The molecule has 1 aliphatic heterocycles. The molecule has 4 heteroatoms. The van der Waals surface area contributed by atoms with Crippen molar-refractivity contribution in [1.82, 2.24) is 5.32 Å². The van der Waals surface area contributed by atoms with Gasteiger partial charge < -0.3 is 10.4 Å². The first-order valence-corrected chi connectivity index (χ1v) is 5.17. The molecule has 1 aliphatic rings. The van der Waals surface area contributed by atoms with E-state index >= 15 is 0 Å². The van der Waals surface area contributed by atoms with Gasteiger partial charge in [0.05, 0.1) is 11.6 Å². The van der Waals surface area contributed by atoms with Gasteiger partial charge in [0, 0.05) is 6.54 Å². The van der Waals surface area contributed by atoms with Gasteiger partial charge in [-0.25, -0.2) is 0 Å². The topological polar surface area (TPSA) is 73.1 Å². The van der Waals surface area contributed by atoms with Crippen molar-refractivity contribution in [2.75, 3.05) is 6.54 Å². The molecular weight excluding hydrogens is 204 g/mol. The SMILES string of the molecule is N#Cc1cccc([C@H]2CN[C@@H](C(=O)O)C2)c1. The molecule has 2 N–H and O–H groups in total. The number of carbonyl (C=O) groups is 1. The Balaban J connectivity index is 2.14. The van der Waals surface area contributed by atoms with Crippen molar-refractivity contribution in [2.45, 2.75) is 18.4 Å². The normalized spacial score (nSPS) is 23.9. The standard InChI is InChI=1S/C12H12N2O2/c13-6-8-2-1-3-9(4-8)10-5-11(12(15)16)14-7-10/h1-4,10-11,14H,5,7H2,(H,15,16)/t10-,11-/m1/s1. The fourth-order valence-electron chi connectivity index (χ4n) is 2.04. The average Bonchev–Trinajstić information content (AvgIpc) is 2.78. The Labute approximate surface area is 93.5 Å². The van der Waals surface area contributed by atoms with Crippen LogP contribution in [0.4, 0.5) is 0 Å². The number of carboxylic acid groups (broad SMARTS) is 1. The molecule has 82 valence electrons. The third-order valence-corrected chi connectivity index (χ3v) is 2.92. The summed E-state index contributed by atoms with van der Waals surface area (Å²) in [5, 5.41) is 20.6. The first-order chi connectivity index (χ1) is 7.70. The number of nitriles is 1. The fraction of sp³-hybridized carbons (Fsp3) is 0.333. The molecule has 2 atom stereocenters. The summed E-state index contributed by atoms with van der Waals surface area (Å²) < 4.78 is 0. The van der Waals surface area contributed by atoms with Gasteiger partial charge in [0.25, 0.3) is 0 Å². The average molecular weight is 216 g/mol. The lowest BCUT2D eigenvalue weighted by atomic mass is 9.95. The molecule has 0 amide bonds. The van der Waals surface area contributed by atoms with E-state index in [1.807, 2.05) is 18.2 Å². The van der Waals surface area contributed by atoms with E-state index in [0.717, 1.165) is 5.56 Å². The summed E-state index contributed by atoms with van der Waals surface area (Å²) in [6.45, 7) is 0.659. The van der Waals surface area contributed by atoms with Crippen LogP contribution in [0.5, 0.6) is 0 Å². The van der Waals surface area contributed by atoms with E-state index in [1.165, 1.54) is 0 Å². The van der Waals surface area contributed by atoms with Crippen LogP contribution in [0.15, 0.2) is 24.3 Å². The number of nitrogens with one attached hydrogen (secondary N) is 1. The first kappa shape index (κ1) is 10.7. The minimum atomic E-state index is -0.807. The summed E-state index contributed by atoms with van der Waals surface area (Å²) in [7, 11) is 0. The molecule has 16 heavy (non-hydrogen) atoms. The smallest absolute Gasteiger partial charge is 0.320 e. The molecule has 0 aliphatic carbocycles. The summed E-state index contributed by atoms with van der Waals surface area (Å²) in [5.41, 5.74) is 1.66. The highest BCUT2D eigenvalue weighted by atomic mass is 16.4. The molecule has 1 aromatic rings. The second-order valence-electron chi connectivity index (χ2n) is 3.97. The van der Waals surface area contributed by atoms with Crippen molar-refractivity contribution in [1.29, 1.82) is 5.26 Å². The minimum absolute atomic E-state index is 0.189. The number of rotatable bonds is 2. The van der Waals surface area contributed by atoms with Crippen molar-refractivity contribution in [2.24, 2.45) is 0 Å². The molecule has 1 fully saturated rings. The lowest BCUT2D eigenvalue weighted by Gasteiger charge is -2.08. The Kier molecular flexibility index (Phi) is 2.88. The largest absolute Gasteiger partial charge is 0.480 e. The first-order valence-electron chi connectivity index (χ1n) is 5.17. The van der Waals surface area contributed by atoms with Crippen LogP contribution < -0.4 is 5.32 Å². The predicted molar refractivity (Wildman–Crippen MR) is 57.9 cm³/mol. The molecule has 2 rings (SSSR count). The summed E-state index contributed by atoms with van der Waals surface area (Å²) in [4.78, 5) is 10.8. The highest BCUT2D eigenvalue weighted by Crippen LogP contribution is 2.26. The third-order valence-electron chi connectivity index (χ3n) is 2.92. The van der Waals surface area contributed by atoms with Crippen LogP contribution in [0.2, 0.25) is 0 Å². The maximum Gasteiger partial charge on any atom is 0.320 e. The molecule has 1 saturated heterocycles. The van der Waals surface area contributed by atoms with Crippen LogP contribution in [0.25, 0.3) is 0 Å². The molecule has 0 saturated carbocycles. The summed E-state index contributed by atoms with van der Waals surface area (Å²) >= 11 is 0. The van der Waals surface area contributed by atoms with Crippen LogP contribution in [-0.2, 0) is 4.79 Å². The van der Waals surface area contributed by atoms with E-state index < -0.39 is 12.0 Å². The Morgan fingerprint density at radius 3 is 3.00 bits per heavy atom. The summed E-state index contributed by atoms with van der Waals surface area (Å²) in [5.74, 6) is -0.617. The molecule has 0 unspecified atom stereocenters. The molecule has 0 aromatic heterocycles. The highest BCUT2D eigenvalue weighted by Gasteiger charge is 2.29. The molecule has 1 heterocycles. The lowest BCUT2D eigenvalue weighted by Crippen LogP contribution is -2.29. The highest BCUT2D eigenvalue weighted by molar-refractivity contribution is 5.74. The number of benzene rings is 1. The summed E-state index contributed by atoms with van der Waals surface area (Å²) in [6.07, 6.45) is 0.588. The Morgan fingerprint density at radius 2 is 2.38 bits per heavy atom. The summed E-state index contributed by atoms with van der Waals surface area (Å²) in [6, 6.07) is 8.98. The van der Waals surface area contributed by atoms with E-state index in [2.05, 4.69) is 11.4 Å². The molecule has 1 aromatic carbocycles. The fourth-order valence-corrected chi connectivity index (χ4v) is 2.04. The quantitative estimate of drug-likeness (QED) is 0.776. The van der Waals surface area contributed by atoms with Gasteiger partial charge in [-0.2, -0.15) is 5.26 Å². The van der Waals surface area contributed by atoms with E-state index in [-0.39, 0.29) is 5.92 Å². The predicted octanol–water partition coefficient (Wildman–Crippen LogP) is 1.09. The zero-order valence-electron chi connectivity index (χ0n) is 8.68. The monoisotopic (exact) mass is 216 g/mol. The number of carboxylic acids is 1. The Hall–Kier alpha value is -1.86. The van der Waals surface area contributed by atoms with Gasteiger partial charge in [-0.1, -0.05) is 12.1 Å². The molecular formula is C12H12N2O2. The maximum absolute atomic E-state index is 10.8. The molecule has 0 radical (unpaired) electrons. The minimum Gasteiger partial charge on any atom is -0.480 e. The molecule has 0 bridgehead atoms. The number of hydrogen-bond acceptors (Lipinski definition) is 3. The van der Waals surface area contributed by atoms with Crippen molar-refractivity contribution in [3.8, 4) is 6.07 Å². The maximum atomic E-state index is 10.8. The van der Waals surface area contributed by atoms with Gasteiger partial charge in [-0.05, 0) is 30.0 Å². The van der Waals surface area contributed by atoms with Crippen LogP contribution in [0.3, 0.4) is 0 Å². The van der Waals surface area contributed by atoms with E-state index in [1.54, 1.807) is 6.07 Å². The molecule has 4 nitrogen and oxygen atoms in total. The third kappa shape index (κ3) is 2.05. The van der Waals surface area contributed by atoms with Gasteiger partial charge in [-0.15, -0.1) is 0 Å². The van der Waals surface area contributed by atoms with Crippen molar-refractivity contribution < 1.29 is 9.90 Å². The Bertz CT molecular complexity index is 451. The Morgan fingerprint density at radius 1 is 1.56 bits per heavy atom. The van der Waals surface area contributed by atoms with Crippen LogP contribution >= 0.6 is 0 Å². The van der Waals surface area contributed by atoms with E-state index in [9.17, 15) is 4.79 Å². The number of aliphatic carboxylic acids is 1. The zero-order valence-corrected chi connectivity index (χ0v) is 8.68. The number of hydrogen-bond donors (Lipinski definition) is 2. The second kappa shape index (κ2) is 4.33. The van der Waals surface area contributed by atoms with Gasteiger partial charge >= 0.3 is 5.97 Å². The lowest BCUT2D eigenvalue weighted by molar-refractivity contribution is -0.139. The second-order valence-corrected chi connectivity index (χ2v) is 3.97. The molecule has 0 spiro atoms. The van der Waals surface area contributed by atoms with E-state index in [0.29, 0.717) is 18.5 Å². The van der Waals surface area contributed by atoms with E-state index in [4.69, 9.17) is 10.4 Å². The van der Waals surface area contributed by atoms with Crippen LogP contribution in [0.1, 0.15) is 23.5 Å². The van der Waals surface area contributed by atoms with Gasteiger partial charge in [-0.3, -0.25) is 4.79 Å². The van der Waals surface area contributed by atoms with Crippen molar-refractivity contribution in [3.63, 3.8) is 0 Å². The number of nitrogens with zero attached hydrogens (tertiary/aromatic N) is 1. The van der Waals surface area contributed by atoms with Crippen molar-refractivity contribution >= 4 is 5.97 Å². The van der Waals surface area contributed by atoms with Crippen molar-refractivity contribution in [3.05, 3.63) is 35.4 Å². The van der Waals surface area contributed by atoms with Crippen LogP contribution in [0, 0.1) is 11.3 Å². The zero-order chi connectivity index (χ0) is 11.5. The van der Waals surface area contributed by atoms with Gasteiger partial charge in [0.2, 0.25) is 0 Å². The van der Waals surface area contributed by atoms with Gasteiger partial charge in [0.1, 0.15) is 6.04 Å². The van der Waals surface area contributed by atoms with Gasteiger partial charge in [0.15, 0.2) is 0 Å². The van der Waals surface area contributed by atoms with Crippen LogP contribution in [-0.4, -0.2) is 23.7 Å².